The van der Waals surface area contributed by atoms with E-state index in [9.17, 15) is 9.59 Å². The van der Waals surface area contributed by atoms with Crippen molar-refractivity contribution in [2.24, 2.45) is 5.73 Å². The Kier molecular flexibility index (Phi) is 4.96. The molecule has 1 heterocycles. The summed E-state index contributed by atoms with van der Waals surface area (Å²) in [7, 11) is 4.21. The highest BCUT2D eigenvalue weighted by Crippen LogP contribution is 2.48. The third-order valence-corrected chi connectivity index (χ3v) is 6.71. The van der Waals surface area contributed by atoms with Crippen molar-refractivity contribution in [1.29, 1.82) is 0 Å². The third kappa shape index (κ3) is 3.80. The molecule has 0 radical (unpaired) electrons. The van der Waals surface area contributed by atoms with E-state index in [0.29, 0.717) is 12.0 Å². The number of likely N-dealkylation sites (N-methyl/N-ethyl adjacent to an activating group) is 1. The molecule has 28 heavy (non-hydrogen) atoms. The number of amides is 2. The number of rotatable bonds is 6. The average Bonchev–Trinajstić information content (AvgIpc) is 3.13. The Balaban J connectivity index is 1.34. The minimum Gasteiger partial charge on any atom is -0.367 e. The number of primary amides is 1. The number of hydrogen-bond donors (Lipinski definition) is 2. The van der Waals surface area contributed by atoms with Gasteiger partial charge in [0.05, 0.1) is 5.60 Å². The predicted molar refractivity (Wildman–Crippen MR) is 107 cm³/mol. The minimum absolute atomic E-state index is 0.0319. The highest BCUT2D eigenvalue weighted by molar-refractivity contribution is 5.94. The van der Waals surface area contributed by atoms with Crippen LogP contribution in [0.3, 0.4) is 0 Å². The van der Waals surface area contributed by atoms with Crippen molar-refractivity contribution in [3.63, 3.8) is 0 Å². The van der Waals surface area contributed by atoms with Crippen molar-refractivity contribution < 1.29 is 14.3 Å². The third-order valence-electron chi connectivity index (χ3n) is 6.71. The van der Waals surface area contributed by atoms with Crippen LogP contribution in [0.1, 0.15) is 60.9 Å². The van der Waals surface area contributed by atoms with E-state index >= 15 is 0 Å². The van der Waals surface area contributed by atoms with Crippen LogP contribution in [-0.4, -0.2) is 55.1 Å². The van der Waals surface area contributed by atoms with E-state index in [4.69, 9.17) is 10.5 Å². The van der Waals surface area contributed by atoms with Crippen molar-refractivity contribution >= 4 is 11.8 Å². The van der Waals surface area contributed by atoms with Gasteiger partial charge in [0.25, 0.3) is 5.91 Å². The monoisotopic (exact) mass is 385 g/mol. The molecule has 3 aliphatic rings. The summed E-state index contributed by atoms with van der Waals surface area (Å²) < 4.78 is 5.95. The molecule has 3 unspecified atom stereocenters. The number of nitrogens with zero attached hydrogens (tertiary/aromatic N) is 1. The predicted octanol–water partition coefficient (Wildman–Crippen LogP) is 1.97. The van der Waals surface area contributed by atoms with E-state index in [1.54, 1.807) is 0 Å². The molecular weight excluding hydrogens is 354 g/mol. The molecule has 2 aliphatic carbocycles. The number of carbonyl (C=O) groups excluding carboxylic acids is 2. The SMILES string of the molecule is CN(C)CC1(c2ccc(C(=O)NC3CCC4(CCC(C(N)=O)O4)C3)cc2)CC1. The van der Waals surface area contributed by atoms with E-state index in [0.717, 1.165) is 32.2 Å². The lowest BCUT2D eigenvalue weighted by molar-refractivity contribution is -0.133. The first-order valence-electron chi connectivity index (χ1n) is 10.3. The maximum Gasteiger partial charge on any atom is 0.251 e. The van der Waals surface area contributed by atoms with Gasteiger partial charge >= 0.3 is 0 Å². The van der Waals surface area contributed by atoms with Gasteiger partial charge in [0, 0.05) is 23.6 Å². The second-order valence-corrected chi connectivity index (χ2v) is 9.24. The summed E-state index contributed by atoms with van der Waals surface area (Å²) in [4.78, 5) is 26.3. The Bertz CT molecular complexity index is 757. The molecular formula is C22H31N3O3. The molecule has 4 rings (SSSR count). The molecule has 3 N–H and O–H groups in total. The summed E-state index contributed by atoms with van der Waals surface area (Å²) >= 11 is 0. The highest BCUT2D eigenvalue weighted by atomic mass is 16.5. The molecule has 0 aromatic heterocycles. The Morgan fingerprint density at radius 3 is 2.39 bits per heavy atom. The quantitative estimate of drug-likeness (QED) is 0.784. The summed E-state index contributed by atoms with van der Waals surface area (Å²) in [5, 5.41) is 3.15. The topological polar surface area (TPSA) is 84.7 Å². The first-order valence-corrected chi connectivity index (χ1v) is 10.3. The molecule has 3 atom stereocenters. The van der Waals surface area contributed by atoms with Crippen molar-refractivity contribution in [1.82, 2.24) is 10.2 Å². The van der Waals surface area contributed by atoms with Gasteiger partial charge in [-0.25, -0.2) is 0 Å². The van der Waals surface area contributed by atoms with E-state index < -0.39 is 6.10 Å². The highest BCUT2D eigenvalue weighted by Gasteiger charge is 2.47. The van der Waals surface area contributed by atoms with Crippen molar-refractivity contribution in [3.05, 3.63) is 35.4 Å². The van der Waals surface area contributed by atoms with E-state index in [2.05, 4.69) is 36.4 Å². The number of benzene rings is 1. The second kappa shape index (κ2) is 7.16. The van der Waals surface area contributed by atoms with Gasteiger partial charge in [0.2, 0.25) is 5.91 Å². The van der Waals surface area contributed by atoms with Gasteiger partial charge in [0.1, 0.15) is 6.10 Å². The molecule has 2 amide bonds. The van der Waals surface area contributed by atoms with Gasteiger partial charge in [-0.2, -0.15) is 0 Å². The average molecular weight is 386 g/mol. The standard InChI is InChI=1S/C22H31N3O3/c1-25(2)14-21(11-12-21)16-5-3-15(4-6-16)20(27)24-17-7-9-22(13-17)10-8-18(28-22)19(23)26/h3-6,17-18H,7-14H2,1-2H3,(H2,23,26)(H,24,27). The zero-order valence-electron chi connectivity index (χ0n) is 16.9. The van der Waals surface area contributed by atoms with Crippen LogP contribution in [0.5, 0.6) is 0 Å². The number of hydrogen-bond acceptors (Lipinski definition) is 4. The first-order chi connectivity index (χ1) is 13.3. The first kappa shape index (κ1) is 19.4. The summed E-state index contributed by atoms with van der Waals surface area (Å²) in [6.07, 6.45) is 5.99. The molecule has 2 saturated carbocycles. The number of nitrogens with one attached hydrogen (secondary N) is 1. The molecule has 1 saturated heterocycles. The Hall–Kier alpha value is -1.92. The van der Waals surface area contributed by atoms with Crippen LogP contribution in [-0.2, 0) is 14.9 Å². The molecule has 6 heteroatoms. The molecule has 6 nitrogen and oxygen atoms in total. The Morgan fingerprint density at radius 1 is 1.14 bits per heavy atom. The maximum atomic E-state index is 12.7. The van der Waals surface area contributed by atoms with Crippen LogP contribution in [0.2, 0.25) is 0 Å². The molecule has 1 aromatic rings. The molecule has 1 aromatic carbocycles. The second-order valence-electron chi connectivity index (χ2n) is 9.24. The lowest BCUT2D eigenvalue weighted by Gasteiger charge is -2.24. The van der Waals surface area contributed by atoms with Crippen molar-refractivity contribution in [2.45, 2.75) is 68.1 Å². The van der Waals surface area contributed by atoms with Gasteiger partial charge in [-0.3, -0.25) is 9.59 Å². The molecule has 3 fully saturated rings. The fourth-order valence-corrected chi connectivity index (χ4v) is 5.10. The lowest BCUT2D eigenvalue weighted by atomic mass is 9.94. The largest absolute Gasteiger partial charge is 0.367 e. The summed E-state index contributed by atoms with van der Waals surface area (Å²) in [5.74, 6) is -0.414. The fraction of sp³-hybridized carbons (Fsp3) is 0.636. The van der Waals surface area contributed by atoms with Crippen LogP contribution in [0.4, 0.5) is 0 Å². The zero-order valence-corrected chi connectivity index (χ0v) is 16.9. The van der Waals surface area contributed by atoms with Gasteiger partial charge in [-0.1, -0.05) is 12.1 Å². The molecule has 1 spiro atoms. The van der Waals surface area contributed by atoms with Gasteiger partial charge in [0.15, 0.2) is 0 Å². The minimum atomic E-state index is -0.473. The van der Waals surface area contributed by atoms with Crippen LogP contribution >= 0.6 is 0 Å². The van der Waals surface area contributed by atoms with Crippen LogP contribution in [0.15, 0.2) is 24.3 Å². The van der Waals surface area contributed by atoms with Crippen LogP contribution < -0.4 is 11.1 Å². The zero-order chi connectivity index (χ0) is 19.9. The maximum absolute atomic E-state index is 12.7. The van der Waals surface area contributed by atoms with E-state index in [1.807, 2.05) is 12.1 Å². The Morgan fingerprint density at radius 2 is 1.82 bits per heavy atom. The fourth-order valence-electron chi connectivity index (χ4n) is 5.10. The molecule has 0 bridgehead atoms. The van der Waals surface area contributed by atoms with Crippen molar-refractivity contribution in [3.8, 4) is 0 Å². The summed E-state index contributed by atoms with van der Waals surface area (Å²) in [6, 6.07) is 8.20. The summed E-state index contributed by atoms with van der Waals surface area (Å²) in [5.41, 5.74) is 7.39. The van der Waals surface area contributed by atoms with E-state index in [1.165, 1.54) is 18.4 Å². The smallest absolute Gasteiger partial charge is 0.251 e. The van der Waals surface area contributed by atoms with Crippen molar-refractivity contribution in [2.75, 3.05) is 20.6 Å². The molecule has 152 valence electrons. The summed E-state index contributed by atoms with van der Waals surface area (Å²) in [6.45, 7) is 1.05. The van der Waals surface area contributed by atoms with Gasteiger partial charge < -0.3 is 20.7 Å². The van der Waals surface area contributed by atoms with Crippen LogP contribution in [0, 0.1) is 0 Å². The Labute approximate surface area is 166 Å². The van der Waals surface area contributed by atoms with Gasteiger partial charge in [-0.15, -0.1) is 0 Å². The molecule has 1 aliphatic heterocycles. The number of nitrogens with two attached hydrogens (primary N) is 1. The normalized spacial score (nSPS) is 30.7. The van der Waals surface area contributed by atoms with Gasteiger partial charge in [-0.05, 0) is 76.7 Å². The number of ether oxygens (including phenoxy) is 1. The van der Waals surface area contributed by atoms with Crippen LogP contribution in [0.25, 0.3) is 0 Å². The van der Waals surface area contributed by atoms with E-state index in [-0.39, 0.29) is 28.9 Å². The lowest BCUT2D eigenvalue weighted by Crippen LogP contribution is -2.37. The number of carbonyl (C=O) groups is 2.